The highest BCUT2D eigenvalue weighted by Gasteiger charge is 2.50. The fourth-order valence-electron chi connectivity index (χ4n) is 8.37. The summed E-state index contributed by atoms with van der Waals surface area (Å²) in [6, 6.07) is 6.12. The first-order chi connectivity index (χ1) is 22.2. The van der Waals surface area contributed by atoms with E-state index in [1.807, 2.05) is 16.8 Å². The molecule has 3 aromatic heterocycles. The molecule has 0 bridgehead atoms. The van der Waals surface area contributed by atoms with E-state index in [1.54, 1.807) is 19.0 Å². The summed E-state index contributed by atoms with van der Waals surface area (Å²) in [6.07, 6.45) is 5.73. The van der Waals surface area contributed by atoms with Crippen LogP contribution in [0.25, 0.3) is 0 Å². The zero-order valence-electron chi connectivity index (χ0n) is 26.7. The number of halogens is 1. The van der Waals surface area contributed by atoms with E-state index < -0.39 is 11.8 Å². The van der Waals surface area contributed by atoms with Gasteiger partial charge in [-0.05, 0) is 62.8 Å². The van der Waals surface area contributed by atoms with Gasteiger partial charge in [0.1, 0.15) is 30.0 Å². The number of rotatable bonds is 5. The molecular weight excluding hydrogens is 589 g/mol. The van der Waals surface area contributed by atoms with Crippen LogP contribution in [0, 0.1) is 0 Å². The number of alkyl halides is 1. The molecule has 0 radical (unpaired) electrons. The Morgan fingerprint density at radius 3 is 2.91 bits per heavy atom. The van der Waals surface area contributed by atoms with Crippen LogP contribution in [0.2, 0.25) is 0 Å². The topological polar surface area (TPSA) is 128 Å². The number of anilines is 2. The van der Waals surface area contributed by atoms with Crippen LogP contribution in [0.5, 0.6) is 6.01 Å². The average Bonchev–Trinajstić information content (AvgIpc) is 3.66. The van der Waals surface area contributed by atoms with Crippen molar-refractivity contribution < 1.29 is 18.7 Å². The maximum absolute atomic E-state index is 14.6. The summed E-state index contributed by atoms with van der Waals surface area (Å²) in [7, 11) is 3.47. The number of aromatic nitrogens is 5. The Kier molecular flexibility index (Phi) is 7.16. The smallest absolute Gasteiger partial charge is 0.318 e. The fourth-order valence-corrected chi connectivity index (χ4v) is 8.37. The average molecular weight is 632 g/mol. The third-order valence-corrected chi connectivity index (χ3v) is 10.6. The number of nitrogen functional groups attached to an aromatic ring is 1. The molecule has 2 fully saturated rings. The number of carbonyl (C=O) groups excluding carboxylic acids is 1. The van der Waals surface area contributed by atoms with Gasteiger partial charge in [-0.2, -0.15) is 15.1 Å². The molecule has 2 unspecified atom stereocenters. The third-order valence-electron chi connectivity index (χ3n) is 10.6. The van der Waals surface area contributed by atoms with Crippen molar-refractivity contribution in [2.75, 3.05) is 51.0 Å². The molecule has 46 heavy (non-hydrogen) atoms. The monoisotopic (exact) mass is 631 g/mol. The van der Waals surface area contributed by atoms with Gasteiger partial charge in [-0.1, -0.05) is 6.07 Å². The van der Waals surface area contributed by atoms with Gasteiger partial charge < -0.3 is 25.0 Å². The normalized spacial score (nSPS) is 27.1. The summed E-state index contributed by atoms with van der Waals surface area (Å²) < 4.78 is 29.7. The highest BCUT2D eigenvalue weighted by molar-refractivity contribution is 5.92. The highest BCUT2D eigenvalue weighted by Crippen LogP contribution is 2.46. The fraction of sp³-hybridized carbons (Fsp3) is 0.606. The van der Waals surface area contributed by atoms with Crippen molar-refractivity contribution in [2.24, 2.45) is 0 Å². The molecule has 5 aliphatic rings. The van der Waals surface area contributed by atoms with Gasteiger partial charge in [0, 0.05) is 52.1 Å². The predicted octanol–water partition coefficient (Wildman–Crippen LogP) is 3.02. The standard InChI is InChI=1S/C33H42FN9O3/c1-40(2)30(44)25-14-23-18-41(11-5-13-43(23)39-25)29-24-19-46-33(10-3-6-21-7-8-27(35)37-28(21)33)16-26(24)36-31(38-29)45-20-32-9-4-12-42(32)17-22(34)15-32/h7-8,14,22H,3-6,9-13,15-20H2,1-2H3,(H2,35,37)/t22?,32-,33?/m0/s1. The first-order valence-electron chi connectivity index (χ1n) is 16.6. The molecular formula is C33H42FN9O3. The second-order valence-electron chi connectivity index (χ2n) is 13.9. The minimum Gasteiger partial charge on any atom is -0.461 e. The van der Waals surface area contributed by atoms with Crippen molar-refractivity contribution >= 4 is 17.5 Å². The van der Waals surface area contributed by atoms with E-state index in [0.717, 1.165) is 80.1 Å². The van der Waals surface area contributed by atoms with Crippen LogP contribution in [0.15, 0.2) is 18.2 Å². The highest BCUT2D eigenvalue weighted by atomic mass is 19.1. The third kappa shape index (κ3) is 4.98. The molecule has 7 heterocycles. The van der Waals surface area contributed by atoms with Crippen LogP contribution < -0.4 is 15.4 Å². The lowest BCUT2D eigenvalue weighted by Gasteiger charge is -2.42. The van der Waals surface area contributed by atoms with Gasteiger partial charge in [0.05, 0.1) is 35.8 Å². The van der Waals surface area contributed by atoms with Crippen molar-refractivity contribution in [2.45, 2.75) is 88.4 Å². The van der Waals surface area contributed by atoms with E-state index in [0.29, 0.717) is 63.2 Å². The second kappa shape index (κ2) is 11.2. The van der Waals surface area contributed by atoms with Gasteiger partial charge in [0.15, 0.2) is 5.69 Å². The lowest BCUT2D eigenvalue weighted by Crippen LogP contribution is -2.44. The first kappa shape index (κ1) is 29.6. The summed E-state index contributed by atoms with van der Waals surface area (Å²) in [5.41, 5.74) is 10.5. The predicted molar refractivity (Wildman–Crippen MR) is 168 cm³/mol. The summed E-state index contributed by atoms with van der Waals surface area (Å²) >= 11 is 0. The number of aryl methyl sites for hydroxylation is 2. The van der Waals surface area contributed by atoms with Crippen LogP contribution in [0.4, 0.5) is 16.0 Å². The van der Waals surface area contributed by atoms with E-state index in [9.17, 15) is 9.18 Å². The van der Waals surface area contributed by atoms with Crippen molar-refractivity contribution in [3.63, 3.8) is 0 Å². The first-order valence-corrected chi connectivity index (χ1v) is 16.6. The van der Waals surface area contributed by atoms with E-state index >= 15 is 0 Å². The Morgan fingerprint density at radius 1 is 1.15 bits per heavy atom. The van der Waals surface area contributed by atoms with Gasteiger partial charge in [-0.3, -0.25) is 14.4 Å². The number of ether oxygens (including phenoxy) is 2. The van der Waals surface area contributed by atoms with Crippen molar-refractivity contribution in [3.8, 4) is 6.01 Å². The maximum atomic E-state index is 14.6. The van der Waals surface area contributed by atoms with Crippen LogP contribution in [-0.2, 0) is 42.9 Å². The zero-order chi connectivity index (χ0) is 31.6. The van der Waals surface area contributed by atoms with E-state index in [4.69, 9.17) is 30.2 Å². The SMILES string of the molecule is CN(C)C(=O)c1cc2n(n1)CCCN(c1nc(OC[C@@]34CCCN3CC(F)C4)nc3c1COC1(CCCc4ccc(N)nc41)C3)C2. The molecule has 13 heteroatoms. The number of fused-ring (bicyclic) bond motifs is 5. The Hall–Kier alpha value is -3.84. The number of nitrogens with zero attached hydrogens (tertiary/aromatic N) is 8. The molecule has 1 spiro atoms. The molecule has 12 nitrogen and oxygen atoms in total. The van der Waals surface area contributed by atoms with Crippen molar-refractivity contribution in [1.29, 1.82) is 0 Å². The molecule has 1 amide bonds. The van der Waals surface area contributed by atoms with Gasteiger partial charge >= 0.3 is 6.01 Å². The van der Waals surface area contributed by atoms with Gasteiger partial charge in [-0.25, -0.2) is 9.37 Å². The van der Waals surface area contributed by atoms with Gasteiger partial charge in [0.2, 0.25) is 0 Å². The van der Waals surface area contributed by atoms with Crippen LogP contribution in [-0.4, -0.2) is 92.5 Å². The number of amides is 1. The number of hydrogen-bond donors (Lipinski definition) is 1. The summed E-state index contributed by atoms with van der Waals surface area (Å²) in [5.74, 6) is 1.14. The molecule has 8 rings (SSSR count). The van der Waals surface area contributed by atoms with Gasteiger partial charge in [-0.15, -0.1) is 0 Å². The summed E-state index contributed by atoms with van der Waals surface area (Å²) in [5, 5.41) is 4.62. The van der Waals surface area contributed by atoms with Crippen LogP contribution >= 0.6 is 0 Å². The minimum atomic E-state index is -0.835. The Morgan fingerprint density at radius 2 is 2.04 bits per heavy atom. The molecule has 1 aliphatic carbocycles. The second-order valence-corrected chi connectivity index (χ2v) is 13.9. The quantitative estimate of drug-likeness (QED) is 0.449. The molecule has 3 atom stereocenters. The van der Waals surface area contributed by atoms with Gasteiger partial charge in [0.25, 0.3) is 5.91 Å². The lowest BCUT2D eigenvalue weighted by molar-refractivity contribution is -0.0885. The number of carbonyl (C=O) groups is 1. The Balaban J connectivity index is 1.16. The summed E-state index contributed by atoms with van der Waals surface area (Å²) in [4.78, 5) is 33.6. The van der Waals surface area contributed by atoms with Crippen LogP contribution in [0.3, 0.4) is 0 Å². The largest absolute Gasteiger partial charge is 0.461 e. The number of nitrogens with two attached hydrogens (primary N) is 1. The minimum absolute atomic E-state index is 0.120. The van der Waals surface area contributed by atoms with Crippen LogP contribution in [0.1, 0.15) is 77.2 Å². The van der Waals surface area contributed by atoms with E-state index in [2.05, 4.69) is 21.0 Å². The molecule has 3 aromatic rings. The zero-order valence-corrected chi connectivity index (χ0v) is 26.7. The van der Waals surface area contributed by atoms with Crippen molar-refractivity contribution in [3.05, 3.63) is 52.1 Å². The van der Waals surface area contributed by atoms with E-state index in [1.165, 1.54) is 5.56 Å². The molecule has 0 aromatic carbocycles. The summed E-state index contributed by atoms with van der Waals surface area (Å²) in [6.45, 7) is 4.04. The maximum Gasteiger partial charge on any atom is 0.318 e. The Bertz CT molecular complexity index is 1680. The molecule has 2 saturated heterocycles. The molecule has 4 aliphatic heterocycles. The molecule has 244 valence electrons. The van der Waals surface area contributed by atoms with Crippen molar-refractivity contribution in [1.82, 2.24) is 34.5 Å². The lowest BCUT2D eigenvalue weighted by atomic mass is 9.77. The number of hydrogen-bond acceptors (Lipinski definition) is 10. The Labute approximate surface area is 268 Å². The molecule has 0 saturated carbocycles. The number of pyridine rings is 1. The molecule has 2 N–H and O–H groups in total. The van der Waals surface area contributed by atoms with E-state index in [-0.39, 0.29) is 11.4 Å².